The molecule has 0 radical (unpaired) electrons. The summed E-state index contributed by atoms with van der Waals surface area (Å²) in [6, 6.07) is 18.2. The Morgan fingerprint density at radius 1 is 1.00 bits per heavy atom. The average Bonchev–Trinajstić information content (AvgIpc) is 2.68. The predicted octanol–water partition coefficient (Wildman–Crippen LogP) is 3.52. The summed E-state index contributed by atoms with van der Waals surface area (Å²) in [5, 5.41) is -0.0602. The molecular weight excluding hydrogens is 332 g/mol. The third-order valence-electron chi connectivity index (χ3n) is 4.43. The monoisotopic (exact) mass is 356 g/mol. The molecule has 1 amide bonds. The molecule has 25 heavy (non-hydrogen) atoms. The first-order valence-electron chi connectivity index (χ1n) is 8.57. The largest absolute Gasteiger partial charge is 0.497 e. The van der Waals surface area contributed by atoms with E-state index in [0.29, 0.717) is 0 Å². The van der Waals surface area contributed by atoms with Crippen molar-refractivity contribution in [3.05, 3.63) is 54.6 Å². The molecule has 132 valence electrons. The lowest BCUT2D eigenvalue weighted by atomic mass is 10.2. The smallest absolute Gasteiger partial charge is 0.235 e. The van der Waals surface area contributed by atoms with Gasteiger partial charge in [0.05, 0.1) is 12.4 Å². The van der Waals surface area contributed by atoms with E-state index in [9.17, 15) is 4.79 Å². The van der Waals surface area contributed by atoms with Crippen molar-refractivity contribution >= 4 is 23.4 Å². The Morgan fingerprint density at radius 2 is 1.64 bits per heavy atom. The minimum atomic E-state index is -0.0602. The highest BCUT2D eigenvalue weighted by molar-refractivity contribution is 8.00. The minimum absolute atomic E-state index is 0.0602. The van der Waals surface area contributed by atoms with E-state index >= 15 is 0 Å². The first-order chi connectivity index (χ1) is 12.2. The van der Waals surface area contributed by atoms with E-state index in [1.807, 2.05) is 42.2 Å². The predicted molar refractivity (Wildman–Crippen MR) is 104 cm³/mol. The molecule has 1 saturated heterocycles. The number of amides is 1. The number of piperazine rings is 1. The van der Waals surface area contributed by atoms with E-state index in [2.05, 4.69) is 29.2 Å². The van der Waals surface area contributed by atoms with Gasteiger partial charge in [-0.1, -0.05) is 18.2 Å². The molecule has 1 fully saturated rings. The summed E-state index contributed by atoms with van der Waals surface area (Å²) in [6.45, 7) is 5.26. The van der Waals surface area contributed by atoms with Gasteiger partial charge in [0.1, 0.15) is 5.75 Å². The van der Waals surface area contributed by atoms with Crippen LogP contribution in [0.15, 0.2) is 59.5 Å². The summed E-state index contributed by atoms with van der Waals surface area (Å²) >= 11 is 1.63. The fraction of sp³-hybridized carbons (Fsp3) is 0.350. The zero-order chi connectivity index (χ0) is 17.6. The van der Waals surface area contributed by atoms with Crippen LogP contribution >= 0.6 is 11.8 Å². The molecule has 0 bridgehead atoms. The Bertz CT molecular complexity index is 683. The van der Waals surface area contributed by atoms with E-state index in [4.69, 9.17) is 4.74 Å². The number of ether oxygens (including phenoxy) is 1. The highest BCUT2D eigenvalue weighted by Crippen LogP contribution is 2.25. The fourth-order valence-electron chi connectivity index (χ4n) is 2.99. The van der Waals surface area contributed by atoms with Gasteiger partial charge >= 0.3 is 0 Å². The van der Waals surface area contributed by atoms with Crippen molar-refractivity contribution in [2.75, 3.05) is 38.2 Å². The SMILES string of the molecule is COc1ccc(N2CCN(C(=O)[C@@H](C)Sc3ccccc3)CC2)cc1. The van der Waals surface area contributed by atoms with E-state index in [-0.39, 0.29) is 11.2 Å². The fourth-order valence-corrected chi connectivity index (χ4v) is 3.96. The zero-order valence-corrected chi connectivity index (χ0v) is 15.5. The van der Waals surface area contributed by atoms with Gasteiger partial charge in [-0.2, -0.15) is 0 Å². The lowest BCUT2D eigenvalue weighted by Crippen LogP contribution is -2.50. The van der Waals surface area contributed by atoms with E-state index in [1.54, 1.807) is 18.9 Å². The third kappa shape index (κ3) is 4.48. The molecule has 4 nitrogen and oxygen atoms in total. The van der Waals surface area contributed by atoms with Crippen LogP contribution in [0.3, 0.4) is 0 Å². The molecule has 5 heteroatoms. The van der Waals surface area contributed by atoms with Gasteiger partial charge < -0.3 is 14.5 Å². The van der Waals surface area contributed by atoms with Gasteiger partial charge in [-0.15, -0.1) is 11.8 Å². The molecule has 0 saturated carbocycles. The van der Waals surface area contributed by atoms with Crippen molar-refractivity contribution in [3.8, 4) is 5.75 Å². The van der Waals surface area contributed by atoms with Crippen LogP contribution in [0.25, 0.3) is 0 Å². The number of rotatable bonds is 5. The van der Waals surface area contributed by atoms with Crippen LogP contribution in [0.1, 0.15) is 6.92 Å². The van der Waals surface area contributed by atoms with E-state index < -0.39 is 0 Å². The number of carbonyl (C=O) groups excluding carboxylic acids is 1. The van der Waals surface area contributed by atoms with Crippen LogP contribution in [-0.4, -0.2) is 49.3 Å². The molecule has 0 spiro atoms. The van der Waals surface area contributed by atoms with Gasteiger partial charge in [0.25, 0.3) is 0 Å². The first-order valence-corrected chi connectivity index (χ1v) is 9.45. The summed E-state index contributed by atoms with van der Waals surface area (Å²) < 4.78 is 5.21. The van der Waals surface area contributed by atoms with Gasteiger partial charge in [-0.3, -0.25) is 4.79 Å². The van der Waals surface area contributed by atoms with Gasteiger partial charge in [0.2, 0.25) is 5.91 Å². The molecule has 1 heterocycles. The molecule has 3 rings (SSSR count). The molecular formula is C20H24N2O2S. The molecule has 1 aliphatic heterocycles. The number of hydrogen-bond acceptors (Lipinski definition) is 4. The number of anilines is 1. The van der Waals surface area contributed by atoms with Crippen molar-refractivity contribution in [1.82, 2.24) is 4.90 Å². The molecule has 1 atom stereocenters. The van der Waals surface area contributed by atoms with Crippen molar-refractivity contribution < 1.29 is 9.53 Å². The number of methoxy groups -OCH3 is 1. The van der Waals surface area contributed by atoms with Crippen LogP contribution in [0, 0.1) is 0 Å². The van der Waals surface area contributed by atoms with Crippen LogP contribution in [0.4, 0.5) is 5.69 Å². The standard InChI is InChI=1S/C20H24N2O2S/c1-16(25-19-6-4-3-5-7-19)20(23)22-14-12-21(13-15-22)17-8-10-18(24-2)11-9-17/h3-11,16H,12-15H2,1-2H3/t16-/m1/s1. The second kappa shape index (κ2) is 8.30. The van der Waals surface area contributed by atoms with Crippen LogP contribution in [0.5, 0.6) is 5.75 Å². The van der Waals surface area contributed by atoms with Crippen molar-refractivity contribution in [2.45, 2.75) is 17.1 Å². The molecule has 2 aromatic rings. The second-order valence-electron chi connectivity index (χ2n) is 6.08. The van der Waals surface area contributed by atoms with Crippen LogP contribution in [-0.2, 0) is 4.79 Å². The number of nitrogens with zero attached hydrogens (tertiary/aromatic N) is 2. The Hall–Kier alpha value is -2.14. The summed E-state index contributed by atoms with van der Waals surface area (Å²) in [5.74, 6) is 1.09. The maximum Gasteiger partial charge on any atom is 0.235 e. The molecule has 0 N–H and O–H groups in total. The maximum absolute atomic E-state index is 12.7. The summed E-state index contributed by atoms with van der Waals surface area (Å²) in [6.07, 6.45) is 0. The molecule has 1 aliphatic rings. The number of hydrogen-bond donors (Lipinski definition) is 0. The van der Waals surface area contributed by atoms with Gasteiger partial charge in [0.15, 0.2) is 0 Å². The summed E-state index contributed by atoms with van der Waals surface area (Å²) in [4.78, 5) is 18.1. The highest BCUT2D eigenvalue weighted by atomic mass is 32.2. The number of carbonyl (C=O) groups is 1. The minimum Gasteiger partial charge on any atom is -0.497 e. The first kappa shape index (κ1) is 17.7. The zero-order valence-electron chi connectivity index (χ0n) is 14.7. The van der Waals surface area contributed by atoms with Crippen molar-refractivity contribution in [2.24, 2.45) is 0 Å². The Kier molecular flexibility index (Phi) is 5.87. The lowest BCUT2D eigenvalue weighted by Gasteiger charge is -2.37. The van der Waals surface area contributed by atoms with Crippen molar-refractivity contribution in [3.63, 3.8) is 0 Å². The second-order valence-corrected chi connectivity index (χ2v) is 7.50. The average molecular weight is 356 g/mol. The van der Waals surface area contributed by atoms with Gasteiger partial charge in [0, 0.05) is 36.8 Å². The molecule has 2 aromatic carbocycles. The topological polar surface area (TPSA) is 32.8 Å². The van der Waals surface area contributed by atoms with Crippen LogP contribution < -0.4 is 9.64 Å². The lowest BCUT2D eigenvalue weighted by molar-refractivity contribution is -0.130. The summed E-state index contributed by atoms with van der Waals surface area (Å²) in [7, 11) is 1.67. The Labute approximate surface area is 153 Å². The quantitative estimate of drug-likeness (QED) is 0.768. The molecule has 0 unspecified atom stereocenters. The highest BCUT2D eigenvalue weighted by Gasteiger charge is 2.25. The third-order valence-corrected chi connectivity index (χ3v) is 5.53. The normalized spacial score (nSPS) is 15.8. The van der Waals surface area contributed by atoms with Crippen LogP contribution in [0.2, 0.25) is 0 Å². The summed E-state index contributed by atoms with van der Waals surface area (Å²) in [5.41, 5.74) is 1.18. The van der Waals surface area contributed by atoms with Crippen molar-refractivity contribution in [1.29, 1.82) is 0 Å². The van der Waals surface area contributed by atoms with E-state index in [1.165, 1.54) is 5.69 Å². The molecule has 0 aromatic heterocycles. The number of thioether (sulfide) groups is 1. The van der Waals surface area contributed by atoms with Gasteiger partial charge in [-0.25, -0.2) is 0 Å². The number of benzene rings is 2. The van der Waals surface area contributed by atoms with E-state index in [0.717, 1.165) is 36.8 Å². The Morgan fingerprint density at radius 3 is 2.24 bits per heavy atom. The maximum atomic E-state index is 12.7. The Balaban J connectivity index is 1.53. The van der Waals surface area contributed by atoms with Gasteiger partial charge in [-0.05, 0) is 43.3 Å². The molecule has 0 aliphatic carbocycles.